The Labute approximate surface area is 121 Å². The van der Waals surface area contributed by atoms with Gasteiger partial charge in [-0.05, 0) is 18.6 Å². The number of para-hydroxylation sites is 1. The van der Waals surface area contributed by atoms with Gasteiger partial charge in [0.15, 0.2) is 11.5 Å². The van der Waals surface area contributed by atoms with Crippen LogP contribution in [0.3, 0.4) is 0 Å². The highest BCUT2D eigenvalue weighted by atomic mass is 32.1. The fourth-order valence-electron chi connectivity index (χ4n) is 1.85. The first-order valence-electron chi connectivity index (χ1n) is 6.23. The number of carbonyl (C=O) groups excluding carboxylic acids is 1. The largest absolute Gasteiger partial charge is 0.504 e. The van der Waals surface area contributed by atoms with Crippen molar-refractivity contribution in [2.45, 2.75) is 19.4 Å². The van der Waals surface area contributed by atoms with Crippen LogP contribution in [-0.2, 0) is 0 Å². The zero-order chi connectivity index (χ0) is 14.5. The van der Waals surface area contributed by atoms with Gasteiger partial charge in [0.2, 0.25) is 0 Å². The third-order valence-corrected chi connectivity index (χ3v) is 3.82. The fourth-order valence-corrected chi connectivity index (χ4v) is 2.62. The first-order valence-corrected chi connectivity index (χ1v) is 7.11. The minimum atomic E-state index is -0.344. The quantitative estimate of drug-likeness (QED) is 0.889. The predicted octanol–water partition coefficient (Wildman–Crippen LogP) is 2.74. The monoisotopic (exact) mass is 292 g/mol. The number of phenolic OH excluding ortho intramolecular Hbond substituents is 1. The minimum Gasteiger partial charge on any atom is -0.504 e. The smallest absolute Gasteiger partial charge is 0.255 e. The van der Waals surface area contributed by atoms with Crippen LogP contribution in [0.15, 0.2) is 29.8 Å². The fraction of sp³-hybridized carbons (Fsp3) is 0.286. The molecule has 20 heavy (non-hydrogen) atoms. The van der Waals surface area contributed by atoms with Gasteiger partial charge in [-0.2, -0.15) is 0 Å². The van der Waals surface area contributed by atoms with Crippen molar-refractivity contribution in [3.05, 3.63) is 40.3 Å². The molecule has 0 aliphatic rings. The van der Waals surface area contributed by atoms with E-state index in [0.717, 1.165) is 11.4 Å². The number of phenols is 1. The molecule has 106 valence electrons. The van der Waals surface area contributed by atoms with E-state index < -0.39 is 0 Å². The molecular formula is C14H16N2O3S. The molecule has 0 spiro atoms. The van der Waals surface area contributed by atoms with E-state index in [0.29, 0.717) is 0 Å². The Morgan fingerprint density at radius 2 is 2.35 bits per heavy atom. The lowest BCUT2D eigenvalue weighted by atomic mass is 10.1. The number of nitrogens with zero attached hydrogens (tertiary/aromatic N) is 1. The molecule has 2 N–H and O–H groups in total. The Bertz CT molecular complexity index is 584. The molecule has 0 saturated carbocycles. The van der Waals surface area contributed by atoms with Crippen LogP contribution in [0.4, 0.5) is 0 Å². The third kappa shape index (κ3) is 2.91. The molecule has 2 aromatic rings. The van der Waals surface area contributed by atoms with Gasteiger partial charge in [-0.1, -0.05) is 13.0 Å². The maximum Gasteiger partial charge on any atom is 0.255 e. The van der Waals surface area contributed by atoms with E-state index in [9.17, 15) is 9.90 Å². The number of nitrogens with one attached hydrogen (secondary N) is 1. The van der Waals surface area contributed by atoms with Gasteiger partial charge in [0.1, 0.15) is 5.01 Å². The molecule has 1 atom stereocenters. The lowest BCUT2D eigenvalue weighted by molar-refractivity contribution is 0.0932. The highest BCUT2D eigenvalue weighted by molar-refractivity contribution is 7.09. The summed E-state index contributed by atoms with van der Waals surface area (Å²) in [6.07, 6.45) is 2.43. The number of thiazole rings is 1. The van der Waals surface area contributed by atoms with Crippen LogP contribution >= 0.6 is 11.3 Å². The summed E-state index contributed by atoms with van der Waals surface area (Å²) in [6.45, 7) is 1.97. The van der Waals surface area contributed by atoms with Crippen LogP contribution in [0.2, 0.25) is 0 Å². The van der Waals surface area contributed by atoms with Gasteiger partial charge in [0.05, 0.1) is 18.7 Å². The molecular weight excluding hydrogens is 276 g/mol. The van der Waals surface area contributed by atoms with Gasteiger partial charge < -0.3 is 15.2 Å². The molecule has 0 aliphatic heterocycles. The highest BCUT2D eigenvalue weighted by Gasteiger charge is 2.19. The van der Waals surface area contributed by atoms with Crippen molar-refractivity contribution in [2.75, 3.05) is 7.11 Å². The number of benzene rings is 1. The van der Waals surface area contributed by atoms with Crippen LogP contribution in [0.5, 0.6) is 11.5 Å². The van der Waals surface area contributed by atoms with Crippen LogP contribution in [0, 0.1) is 0 Å². The van der Waals surface area contributed by atoms with E-state index in [4.69, 9.17) is 4.74 Å². The maximum atomic E-state index is 12.2. The summed E-state index contributed by atoms with van der Waals surface area (Å²) in [7, 11) is 1.45. The summed E-state index contributed by atoms with van der Waals surface area (Å²) in [5.74, 6) is -0.218. The SMILES string of the molecule is CCC(NC(=O)c1cccc(OC)c1O)c1nccs1. The van der Waals surface area contributed by atoms with Crippen LogP contribution in [-0.4, -0.2) is 23.1 Å². The van der Waals surface area contributed by atoms with E-state index in [1.54, 1.807) is 24.4 Å². The first-order chi connectivity index (χ1) is 9.67. The molecule has 0 radical (unpaired) electrons. The Hall–Kier alpha value is -2.08. The molecule has 0 bridgehead atoms. The second kappa shape index (κ2) is 6.38. The van der Waals surface area contributed by atoms with E-state index >= 15 is 0 Å². The van der Waals surface area contributed by atoms with Gasteiger partial charge in [-0.25, -0.2) is 4.98 Å². The number of aromatic nitrogens is 1. The van der Waals surface area contributed by atoms with Crippen molar-refractivity contribution < 1.29 is 14.6 Å². The standard InChI is InChI=1S/C14H16N2O3S/c1-3-10(14-15-7-8-20-14)16-13(18)9-5-4-6-11(19-2)12(9)17/h4-8,10,17H,3H2,1-2H3,(H,16,18). The number of aromatic hydroxyl groups is 1. The lowest BCUT2D eigenvalue weighted by Gasteiger charge is -2.15. The minimum absolute atomic E-state index is 0.151. The van der Waals surface area contributed by atoms with Gasteiger partial charge in [-0.3, -0.25) is 4.79 Å². The predicted molar refractivity (Wildman–Crippen MR) is 77.3 cm³/mol. The Kier molecular flexibility index (Phi) is 4.57. The number of carbonyl (C=O) groups is 1. The Balaban J connectivity index is 2.19. The number of methoxy groups -OCH3 is 1. The number of amides is 1. The van der Waals surface area contributed by atoms with E-state index in [2.05, 4.69) is 10.3 Å². The van der Waals surface area contributed by atoms with Gasteiger partial charge in [0.25, 0.3) is 5.91 Å². The van der Waals surface area contributed by atoms with Gasteiger partial charge in [-0.15, -0.1) is 11.3 Å². The zero-order valence-corrected chi connectivity index (χ0v) is 12.1. The summed E-state index contributed by atoms with van der Waals surface area (Å²) in [6, 6.07) is 4.66. The summed E-state index contributed by atoms with van der Waals surface area (Å²) in [5.41, 5.74) is 0.194. The number of hydrogen-bond donors (Lipinski definition) is 2. The van der Waals surface area contributed by atoms with Gasteiger partial charge in [0, 0.05) is 11.6 Å². The normalized spacial score (nSPS) is 11.9. The first kappa shape index (κ1) is 14.3. The third-order valence-electron chi connectivity index (χ3n) is 2.93. The van der Waals surface area contributed by atoms with Crippen molar-refractivity contribution in [1.82, 2.24) is 10.3 Å². The van der Waals surface area contributed by atoms with Crippen molar-refractivity contribution in [3.8, 4) is 11.5 Å². The van der Waals surface area contributed by atoms with E-state index in [1.165, 1.54) is 18.4 Å². The lowest BCUT2D eigenvalue weighted by Crippen LogP contribution is -2.28. The summed E-state index contributed by atoms with van der Waals surface area (Å²) < 4.78 is 5.00. The molecule has 5 nitrogen and oxygen atoms in total. The van der Waals surface area contributed by atoms with Crippen LogP contribution < -0.4 is 10.1 Å². The van der Waals surface area contributed by atoms with E-state index in [-0.39, 0.29) is 29.0 Å². The molecule has 2 rings (SSSR count). The molecule has 6 heteroatoms. The van der Waals surface area contributed by atoms with E-state index in [1.807, 2.05) is 12.3 Å². The summed E-state index contributed by atoms with van der Waals surface area (Å²) >= 11 is 1.49. The second-order valence-electron chi connectivity index (χ2n) is 4.16. The highest BCUT2D eigenvalue weighted by Crippen LogP contribution is 2.30. The summed E-state index contributed by atoms with van der Waals surface area (Å²) in [4.78, 5) is 16.5. The molecule has 1 heterocycles. The average Bonchev–Trinajstić information content (AvgIpc) is 2.98. The van der Waals surface area contributed by atoms with Crippen molar-refractivity contribution in [1.29, 1.82) is 0 Å². The van der Waals surface area contributed by atoms with Crippen LogP contribution in [0.1, 0.15) is 34.8 Å². The molecule has 1 aromatic carbocycles. The Morgan fingerprint density at radius 1 is 1.55 bits per heavy atom. The Morgan fingerprint density at radius 3 is 2.95 bits per heavy atom. The zero-order valence-electron chi connectivity index (χ0n) is 11.3. The van der Waals surface area contributed by atoms with Crippen molar-refractivity contribution in [3.63, 3.8) is 0 Å². The molecule has 1 unspecified atom stereocenters. The topological polar surface area (TPSA) is 71.5 Å². The number of ether oxygens (including phenoxy) is 1. The summed E-state index contributed by atoms with van der Waals surface area (Å²) in [5, 5.41) is 15.6. The molecule has 1 aromatic heterocycles. The molecule has 0 saturated heterocycles. The molecule has 0 fully saturated rings. The van der Waals surface area contributed by atoms with Crippen LogP contribution in [0.25, 0.3) is 0 Å². The molecule has 1 amide bonds. The van der Waals surface area contributed by atoms with Crippen molar-refractivity contribution in [2.24, 2.45) is 0 Å². The average molecular weight is 292 g/mol. The maximum absolute atomic E-state index is 12.2. The second-order valence-corrected chi connectivity index (χ2v) is 5.09. The van der Waals surface area contributed by atoms with Crippen molar-refractivity contribution >= 4 is 17.2 Å². The van der Waals surface area contributed by atoms with Gasteiger partial charge >= 0.3 is 0 Å². The number of rotatable bonds is 5. The molecule has 0 aliphatic carbocycles. The number of hydrogen-bond acceptors (Lipinski definition) is 5.